The van der Waals surface area contributed by atoms with Crippen molar-refractivity contribution in [3.8, 4) is 0 Å². The molecule has 9 heteroatoms. The molecule has 2 aromatic rings. The highest BCUT2D eigenvalue weighted by Gasteiger charge is 2.51. The van der Waals surface area contributed by atoms with Crippen LogP contribution >= 0.6 is 0 Å². The molecule has 0 amide bonds. The summed E-state index contributed by atoms with van der Waals surface area (Å²) in [5.41, 5.74) is 2.29. The smallest absolute Gasteiger partial charge is 0.264 e. The van der Waals surface area contributed by atoms with Crippen molar-refractivity contribution in [1.29, 1.82) is 0 Å². The quantitative estimate of drug-likeness (QED) is 0.636. The highest BCUT2D eigenvalue weighted by molar-refractivity contribution is 7.92. The summed E-state index contributed by atoms with van der Waals surface area (Å²) in [7, 11) is -4.29. The van der Waals surface area contributed by atoms with E-state index in [1.54, 1.807) is 12.1 Å². The molecule has 34 heavy (non-hydrogen) atoms. The molecule has 1 aliphatic heterocycles. The number of halogens is 2. The van der Waals surface area contributed by atoms with Crippen molar-refractivity contribution in [2.75, 3.05) is 29.7 Å². The number of nitrogens with one attached hydrogen (secondary N) is 2. The minimum Gasteiger partial charge on any atom is -0.381 e. The van der Waals surface area contributed by atoms with Gasteiger partial charge in [0, 0.05) is 30.8 Å². The van der Waals surface area contributed by atoms with Crippen LogP contribution in [0, 0.1) is 11.6 Å². The van der Waals surface area contributed by atoms with Gasteiger partial charge in [0.1, 0.15) is 22.3 Å². The number of carbonyl (C=O) groups is 1. The van der Waals surface area contributed by atoms with Gasteiger partial charge in [0.05, 0.1) is 11.1 Å². The molecule has 1 heterocycles. The number of anilines is 2. The second-order valence-corrected chi connectivity index (χ2v) is 11.3. The fourth-order valence-corrected chi connectivity index (χ4v) is 6.72. The molecule has 182 valence electrons. The van der Waals surface area contributed by atoms with Crippen LogP contribution in [-0.2, 0) is 26.7 Å². The fraction of sp³-hybridized carbons (Fsp3) is 0.480. The summed E-state index contributed by atoms with van der Waals surface area (Å²) in [4.78, 5) is 14.8. The van der Waals surface area contributed by atoms with Crippen LogP contribution in [0.25, 0.3) is 0 Å². The monoisotopic (exact) mass is 489 g/mol. The van der Waals surface area contributed by atoms with E-state index in [-0.39, 0.29) is 17.5 Å². The normalized spacial score (nSPS) is 21.9. The Morgan fingerprint density at radius 2 is 1.94 bits per heavy atom. The number of hydrogen-bond donors (Lipinski definition) is 2. The van der Waals surface area contributed by atoms with Gasteiger partial charge in [-0.05, 0) is 74.2 Å². The maximum Gasteiger partial charge on any atom is 0.264 e. The van der Waals surface area contributed by atoms with Gasteiger partial charge in [-0.25, -0.2) is 17.2 Å². The molecule has 0 aromatic heterocycles. The third-order valence-electron chi connectivity index (χ3n) is 7.59. The van der Waals surface area contributed by atoms with Crippen LogP contribution in [0.3, 0.4) is 0 Å². The van der Waals surface area contributed by atoms with Gasteiger partial charge in [-0.3, -0.25) is 9.52 Å². The molecule has 1 spiro atoms. The Morgan fingerprint density at radius 3 is 2.62 bits per heavy atom. The highest BCUT2D eigenvalue weighted by Crippen LogP contribution is 2.53. The van der Waals surface area contributed by atoms with Crippen LogP contribution in [0.15, 0.2) is 35.2 Å². The first-order valence-electron chi connectivity index (χ1n) is 11.9. The van der Waals surface area contributed by atoms with E-state index in [0.717, 1.165) is 80.7 Å². The SMILES string of the molecule is CCN1CCCC(Nc2cc(NS(=O)(=O)c3ccc(F)cc3F)cc3c2CC(=O)C32CCC2)C1. The Hall–Kier alpha value is -2.52. The fourth-order valence-electron chi connectivity index (χ4n) is 5.62. The van der Waals surface area contributed by atoms with Crippen LogP contribution < -0.4 is 10.0 Å². The van der Waals surface area contributed by atoms with E-state index in [1.807, 2.05) is 0 Å². The maximum atomic E-state index is 14.2. The van der Waals surface area contributed by atoms with Gasteiger partial charge in [0.15, 0.2) is 0 Å². The molecule has 2 N–H and O–H groups in total. The van der Waals surface area contributed by atoms with Gasteiger partial charge < -0.3 is 10.2 Å². The number of Topliss-reactive ketones (excluding diaryl/α,β-unsaturated/α-hetero) is 1. The number of ketones is 1. The second-order valence-electron chi connectivity index (χ2n) is 9.64. The molecule has 6 nitrogen and oxygen atoms in total. The lowest BCUT2D eigenvalue weighted by Crippen LogP contribution is -2.42. The molecule has 1 atom stereocenters. The number of rotatable bonds is 6. The Kier molecular flexibility index (Phi) is 5.88. The Balaban J connectivity index is 1.52. The van der Waals surface area contributed by atoms with E-state index >= 15 is 0 Å². The number of carbonyl (C=O) groups excluding carboxylic acids is 1. The maximum absolute atomic E-state index is 14.2. The Bertz CT molecular complexity index is 1240. The zero-order valence-corrected chi connectivity index (χ0v) is 20.0. The molecule has 3 aliphatic rings. The number of piperidine rings is 1. The third-order valence-corrected chi connectivity index (χ3v) is 9.01. The molecular formula is C25H29F2N3O3S. The number of likely N-dealkylation sites (tertiary alicyclic amines) is 1. The molecule has 1 unspecified atom stereocenters. The van der Waals surface area contributed by atoms with Gasteiger partial charge in [0.2, 0.25) is 0 Å². The lowest BCUT2D eigenvalue weighted by atomic mass is 9.64. The van der Waals surface area contributed by atoms with E-state index in [1.165, 1.54) is 0 Å². The van der Waals surface area contributed by atoms with Crippen LogP contribution in [0.2, 0.25) is 0 Å². The predicted molar refractivity (Wildman–Crippen MR) is 127 cm³/mol. The summed E-state index contributed by atoms with van der Waals surface area (Å²) in [5.74, 6) is -1.82. The van der Waals surface area contributed by atoms with Crippen molar-refractivity contribution in [1.82, 2.24) is 4.90 Å². The van der Waals surface area contributed by atoms with E-state index in [2.05, 4.69) is 21.9 Å². The minimum absolute atomic E-state index is 0.181. The first kappa shape index (κ1) is 23.2. The number of sulfonamides is 1. The molecule has 2 aromatic carbocycles. The average Bonchev–Trinajstić information content (AvgIpc) is 3.05. The Labute approximate surface area is 198 Å². The lowest BCUT2D eigenvalue weighted by molar-refractivity contribution is -0.125. The summed E-state index contributed by atoms with van der Waals surface area (Å²) in [6.45, 7) is 5.02. The number of hydrogen-bond acceptors (Lipinski definition) is 5. The van der Waals surface area contributed by atoms with Crippen LogP contribution in [0.4, 0.5) is 20.2 Å². The number of nitrogens with zero attached hydrogens (tertiary/aromatic N) is 1. The summed E-state index contributed by atoms with van der Waals surface area (Å²) in [6.07, 6.45) is 4.86. The summed E-state index contributed by atoms with van der Waals surface area (Å²) < 4.78 is 55.9. The summed E-state index contributed by atoms with van der Waals surface area (Å²) >= 11 is 0. The van der Waals surface area contributed by atoms with Gasteiger partial charge in [0.25, 0.3) is 10.0 Å². The lowest BCUT2D eigenvalue weighted by Gasteiger charge is -2.38. The molecule has 2 fully saturated rings. The van der Waals surface area contributed by atoms with Crippen LogP contribution in [0.5, 0.6) is 0 Å². The third kappa shape index (κ3) is 3.98. The Morgan fingerprint density at radius 1 is 1.15 bits per heavy atom. The van der Waals surface area contributed by atoms with E-state index in [4.69, 9.17) is 0 Å². The summed E-state index contributed by atoms with van der Waals surface area (Å²) in [5, 5.41) is 3.58. The van der Waals surface area contributed by atoms with Crippen molar-refractivity contribution in [2.45, 2.75) is 61.8 Å². The van der Waals surface area contributed by atoms with Crippen molar-refractivity contribution >= 4 is 27.2 Å². The highest BCUT2D eigenvalue weighted by atomic mass is 32.2. The number of fused-ring (bicyclic) bond motifs is 2. The zero-order chi connectivity index (χ0) is 24.1. The molecule has 0 radical (unpaired) electrons. The molecule has 2 aliphatic carbocycles. The average molecular weight is 490 g/mol. The van der Waals surface area contributed by atoms with Crippen LogP contribution in [0.1, 0.15) is 50.2 Å². The minimum atomic E-state index is -4.29. The molecule has 5 rings (SSSR count). The second kappa shape index (κ2) is 8.61. The summed E-state index contributed by atoms with van der Waals surface area (Å²) in [6, 6.07) is 5.99. The van der Waals surface area contributed by atoms with Crippen molar-refractivity contribution in [3.05, 3.63) is 53.1 Å². The van der Waals surface area contributed by atoms with E-state index in [9.17, 15) is 22.0 Å². The number of likely N-dealkylation sites (N-methyl/N-ethyl adjacent to an activating group) is 1. The van der Waals surface area contributed by atoms with E-state index < -0.39 is 32.0 Å². The van der Waals surface area contributed by atoms with Crippen LogP contribution in [-0.4, -0.2) is 44.8 Å². The van der Waals surface area contributed by atoms with E-state index in [0.29, 0.717) is 12.5 Å². The van der Waals surface area contributed by atoms with Gasteiger partial charge in [-0.15, -0.1) is 0 Å². The van der Waals surface area contributed by atoms with Gasteiger partial charge in [-0.2, -0.15) is 0 Å². The molecule has 1 saturated carbocycles. The first-order chi connectivity index (χ1) is 16.2. The molecule has 1 saturated heterocycles. The van der Waals surface area contributed by atoms with Gasteiger partial charge in [-0.1, -0.05) is 13.3 Å². The standard InChI is InChI=1S/C25H29F2N3O3S/c1-2-30-10-3-5-17(15-30)28-22-13-18(12-20-19(22)14-24(31)25(20)8-4-9-25)29-34(32,33)23-7-6-16(26)11-21(23)27/h6-7,11-13,17,28-29H,2-5,8-10,14-15H2,1H3. The van der Waals surface area contributed by atoms with Crippen molar-refractivity contribution in [3.63, 3.8) is 0 Å². The number of benzene rings is 2. The first-order valence-corrected chi connectivity index (χ1v) is 13.4. The molecular weight excluding hydrogens is 460 g/mol. The molecule has 0 bridgehead atoms. The largest absolute Gasteiger partial charge is 0.381 e. The van der Waals surface area contributed by atoms with Crippen molar-refractivity contribution in [2.24, 2.45) is 0 Å². The topological polar surface area (TPSA) is 78.5 Å². The van der Waals surface area contributed by atoms with Crippen molar-refractivity contribution < 1.29 is 22.0 Å². The zero-order valence-electron chi connectivity index (χ0n) is 19.2. The predicted octanol–water partition coefficient (Wildman–Crippen LogP) is 4.21. The van der Waals surface area contributed by atoms with Gasteiger partial charge >= 0.3 is 0 Å².